The monoisotopic (exact) mass is 451 g/mol. The minimum absolute atomic E-state index is 0.0452. The first-order valence-corrected chi connectivity index (χ1v) is 11.0. The van der Waals surface area contributed by atoms with E-state index in [-0.39, 0.29) is 11.7 Å². The van der Waals surface area contributed by atoms with Crippen LogP contribution in [0.3, 0.4) is 0 Å². The van der Waals surface area contributed by atoms with E-state index in [2.05, 4.69) is 4.90 Å². The third-order valence-electron chi connectivity index (χ3n) is 5.90. The van der Waals surface area contributed by atoms with Gasteiger partial charge >= 0.3 is 0 Å². The van der Waals surface area contributed by atoms with E-state index in [1.165, 1.54) is 12.1 Å². The van der Waals surface area contributed by atoms with Gasteiger partial charge in [-0.25, -0.2) is 4.39 Å². The molecule has 1 aliphatic rings. The van der Waals surface area contributed by atoms with Gasteiger partial charge in [-0.1, -0.05) is 29.8 Å². The van der Waals surface area contributed by atoms with Gasteiger partial charge in [0.15, 0.2) is 5.58 Å². The van der Waals surface area contributed by atoms with E-state index in [1.807, 2.05) is 52.8 Å². The number of benzene rings is 2. The van der Waals surface area contributed by atoms with Crippen molar-refractivity contribution in [2.45, 2.75) is 13.5 Å². The Balaban J connectivity index is 1.39. The average molecular weight is 452 g/mol. The summed E-state index contributed by atoms with van der Waals surface area (Å²) < 4.78 is 21.5. The highest BCUT2D eigenvalue weighted by Gasteiger charge is 2.26. The van der Waals surface area contributed by atoms with E-state index in [0.29, 0.717) is 35.9 Å². The van der Waals surface area contributed by atoms with Crippen LogP contribution in [0.4, 0.5) is 10.1 Å². The SMILES string of the molecule is Cc1cc2c(cc(C(=O)N3CCN(c4cccc(Cl)c4)CC3)n2Cc2cccc(F)c2)o1. The van der Waals surface area contributed by atoms with Crippen molar-refractivity contribution in [3.8, 4) is 0 Å². The fourth-order valence-corrected chi connectivity index (χ4v) is 4.52. The normalized spacial score (nSPS) is 14.3. The minimum atomic E-state index is -0.292. The van der Waals surface area contributed by atoms with Crippen LogP contribution in [0.25, 0.3) is 11.1 Å². The first-order chi connectivity index (χ1) is 15.5. The second kappa shape index (κ2) is 8.36. The third kappa shape index (κ3) is 3.98. The van der Waals surface area contributed by atoms with E-state index in [4.69, 9.17) is 16.0 Å². The lowest BCUT2D eigenvalue weighted by atomic mass is 10.2. The van der Waals surface area contributed by atoms with Crippen LogP contribution in [-0.2, 0) is 6.54 Å². The van der Waals surface area contributed by atoms with Crippen LogP contribution < -0.4 is 4.90 Å². The first kappa shape index (κ1) is 20.6. The smallest absolute Gasteiger partial charge is 0.270 e. The number of carbonyl (C=O) groups excluding carboxylic acids is 1. The Bertz CT molecular complexity index is 1290. The number of piperazine rings is 1. The number of hydrogen-bond acceptors (Lipinski definition) is 3. The van der Waals surface area contributed by atoms with Gasteiger partial charge in [0.2, 0.25) is 0 Å². The molecule has 3 heterocycles. The van der Waals surface area contributed by atoms with E-state index in [9.17, 15) is 9.18 Å². The van der Waals surface area contributed by atoms with E-state index in [1.54, 1.807) is 12.1 Å². The summed E-state index contributed by atoms with van der Waals surface area (Å²) >= 11 is 6.13. The molecule has 5 rings (SSSR count). The number of hydrogen-bond donors (Lipinski definition) is 0. The van der Waals surface area contributed by atoms with Crippen molar-refractivity contribution in [1.82, 2.24) is 9.47 Å². The molecular formula is C25H23ClFN3O2. The van der Waals surface area contributed by atoms with Gasteiger partial charge in [0.1, 0.15) is 17.3 Å². The maximum Gasteiger partial charge on any atom is 0.270 e. The highest BCUT2D eigenvalue weighted by Crippen LogP contribution is 2.27. The molecule has 1 fully saturated rings. The molecule has 2 aromatic heterocycles. The van der Waals surface area contributed by atoms with Crippen LogP contribution in [0.1, 0.15) is 21.8 Å². The van der Waals surface area contributed by atoms with Crippen LogP contribution in [-0.4, -0.2) is 41.6 Å². The molecule has 4 aromatic rings. The zero-order valence-electron chi connectivity index (χ0n) is 17.7. The molecule has 164 valence electrons. The van der Waals surface area contributed by atoms with Gasteiger partial charge in [-0.15, -0.1) is 0 Å². The highest BCUT2D eigenvalue weighted by molar-refractivity contribution is 6.30. The highest BCUT2D eigenvalue weighted by atomic mass is 35.5. The summed E-state index contributed by atoms with van der Waals surface area (Å²) in [7, 11) is 0. The lowest BCUT2D eigenvalue weighted by Gasteiger charge is -2.36. The topological polar surface area (TPSA) is 41.6 Å². The molecule has 0 atom stereocenters. The van der Waals surface area contributed by atoms with E-state index < -0.39 is 0 Å². The van der Waals surface area contributed by atoms with Crippen LogP contribution >= 0.6 is 11.6 Å². The fraction of sp³-hybridized carbons (Fsp3) is 0.240. The van der Waals surface area contributed by atoms with Crippen molar-refractivity contribution >= 4 is 34.3 Å². The number of furan rings is 1. The van der Waals surface area contributed by atoms with Crippen LogP contribution in [0.15, 0.2) is 65.1 Å². The average Bonchev–Trinajstić information content (AvgIpc) is 3.30. The van der Waals surface area contributed by atoms with Crippen molar-refractivity contribution in [1.29, 1.82) is 0 Å². The largest absolute Gasteiger partial charge is 0.460 e. The number of amides is 1. The number of nitrogens with zero attached hydrogens (tertiary/aromatic N) is 3. The molecule has 32 heavy (non-hydrogen) atoms. The van der Waals surface area contributed by atoms with Crippen LogP contribution in [0.5, 0.6) is 0 Å². The summed E-state index contributed by atoms with van der Waals surface area (Å²) in [5.74, 6) is 0.438. The van der Waals surface area contributed by atoms with Gasteiger partial charge in [0.05, 0.1) is 5.52 Å². The van der Waals surface area contributed by atoms with E-state index >= 15 is 0 Å². The van der Waals surface area contributed by atoms with Crippen molar-refractivity contribution in [2.75, 3.05) is 31.1 Å². The van der Waals surface area contributed by atoms with Gasteiger partial charge < -0.3 is 18.8 Å². The third-order valence-corrected chi connectivity index (χ3v) is 6.14. The fourth-order valence-electron chi connectivity index (χ4n) is 4.33. The standard InChI is InChI=1S/C25H23ClFN3O2/c1-17-12-22-24(32-17)15-23(30(22)16-18-4-2-6-20(27)13-18)25(31)29-10-8-28(9-11-29)21-7-3-5-19(26)14-21/h2-7,12-15H,8-11,16H2,1H3. The molecular weight excluding hydrogens is 429 g/mol. The first-order valence-electron chi connectivity index (χ1n) is 10.6. The summed E-state index contributed by atoms with van der Waals surface area (Å²) in [5.41, 5.74) is 3.92. The Kier molecular flexibility index (Phi) is 5.39. The van der Waals surface area contributed by atoms with E-state index in [0.717, 1.165) is 35.6 Å². The summed E-state index contributed by atoms with van der Waals surface area (Å²) in [4.78, 5) is 17.6. The van der Waals surface area contributed by atoms with Gasteiger partial charge in [-0.05, 0) is 42.8 Å². The zero-order valence-corrected chi connectivity index (χ0v) is 18.5. The van der Waals surface area contributed by atoms with Crippen LogP contribution in [0, 0.1) is 12.7 Å². The minimum Gasteiger partial charge on any atom is -0.460 e. The zero-order chi connectivity index (χ0) is 22.2. The molecule has 1 saturated heterocycles. The molecule has 0 unspecified atom stereocenters. The van der Waals surface area contributed by atoms with Gasteiger partial charge in [0, 0.05) is 55.6 Å². The molecule has 1 amide bonds. The quantitative estimate of drug-likeness (QED) is 0.420. The van der Waals surface area contributed by atoms with Gasteiger partial charge in [0.25, 0.3) is 5.91 Å². The van der Waals surface area contributed by atoms with Crippen molar-refractivity contribution in [3.05, 3.63) is 88.5 Å². The second-order valence-electron chi connectivity index (χ2n) is 8.11. The maximum atomic E-state index is 13.7. The lowest BCUT2D eigenvalue weighted by Crippen LogP contribution is -2.49. The number of halogens is 2. The Morgan fingerprint density at radius 2 is 1.81 bits per heavy atom. The number of aryl methyl sites for hydroxylation is 1. The molecule has 1 aliphatic heterocycles. The van der Waals surface area contributed by atoms with Gasteiger partial charge in [-0.3, -0.25) is 4.79 Å². The predicted octanol–water partition coefficient (Wildman–Crippen LogP) is 5.35. The number of anilines is 1. The summed E-state index contributed by atoms with van der Waals surface area (Å²) in [6.07, 6.45) is 0. The number of aromatic nitrogens is 1. The maximum absolute atomic E-state index is 13.7. The summed E-state index contributed by atoms with van der Waals surface area (Å²) in [6, 6.07) is 17.9. The second-order valence-corrected chi connectivity index (χ2v) is 8.55. The Hall–Kier alpha value is -3.25. The summed E-state index contributed by atoms with van der Waals surface area (Å²) in [6.45, 7) is 4.94. The Morgan fingerprint density at radius 1 is 1.03 bits per heavy atom. The van der Waals surface area contributed by atoms with Crippen molar-refractivity contribution < 1.29 is 13.6 Å². The number of fused-ring (bicyclic) bond motifs is 1. The Morgan fingerprint density at radius 3 is 2.56 bits per heavy atom. The molecule has 0 N–H and O–H groups in total. The number of carbonyl (C=O) groups is 1. The number of rotatable bonds is 4. The molecule has 7 heteroatoms. The molecule has 0 spiro atoms. The molecule has 0 radical (unpaired) electrons. The van der Waals surface area contributed by atoms with Crippen LogP contribution in [0.2, 0.25) is 5.02 Å². The lowest BCUT2D eigenvalue weighted by molar-refractivity contribution is 0.0737. The molecule has 0 bridgehead atoms. The van der Waals surface area contributed by atoms with Crippen molar-refractivity contribution in [2.24, 2.45) is 0 Å². The molecule has 0 aliphatic carbocycles. The Labute approximate surface area is 190 Å². The molecule has 0 saturated carbocycles. The predicted molar refractivity (Wildman–Crippen MR) is 124 cm³/mol. The van der Waals surface area contributed by atoms with Crippen molar-refractivity contribution in [3.63, 3.8) is 0 Å². The van der Waals surface area contributed by atoms with Gasteiger partial charge in [-0.2, -0.15) is 0 Å². The molecule has 5 nitrogen and oxygen atoms in total. The molecule has 2 aromatic carbocycles. The summed E-state index contributed by atoms with van der Waals surface area (Å²) in [5, 5.41) is 0.703.